The van der Waals surface area contributed by atoms with Crippen molar-refractivity contribution in [2.45, 2.75) is 231 Å². The number of hydrogen-bond acceptors (Lipinski definition) is 24. The second-order valence-corrected chi connectivity index (χ2v) is 40.7. The Morgan fingerprint density at radius 1 is 0.473 bits per heavy atom. The number of aromatic nitrogens is 5. The molecule has 38 heteroatoms. The van der Waals surface area contributed by atoms with E-state index in [1.807, 2.05) is 0 Å². The maximum Gasteiger partial charge on any atom is 0.340 e. The summed E-state index contributed by atoms with van der Waals surface area (Å²) in [6, 6.07) is 12.1. The molecule has 0 fully saturated rings. The SMILES string of the molecule is CC(C)(C)OC(=O)CC1=N[C@](C)(c2nc(CC(=O)c3ccc(OCC(F)(F)C(F)F)cn3)ccc2F)[C@@H]2CCN=[S@]2(=O)C1(C)C.CC(C)(C)OC(=O)CC1=N[C@](C)(c2nc(N)ccc2F)[C@@H]2CCN=[S@]2(=O)C1(C)C.CC1(C)C(N)=N[C@](C)(c2nc(CC(=O)c3ccc(OCC(F)(F)C(F)F)cn3)ccc2F)[C@@H]2CCN=[S@@]21=O. The smallest absolute Gasteiger partial charge is 0.340 e. The van der Waals surface area contributed by atoms with Crippen molar-refractivity contribution in [2.24, 2.45) is 33.8 Å². The Balaban J connectivity index is 0.000000197. The van der Waals surface area contributed by atoms with Gasteiger partial charge in [-0.1, -0.05) is 0 Å². The van der Waals surface area contributed by atoms with Crippen LogP contribution in [0.2, 0.25) is 0 Å². The number of pyridine rings is 5. The maximum atomic E-state index is 15.5. The number of aliphatic imine (C=N–C) groups is 3. The van der Waals surface area contributed by atoms with Crippen molar-refractivity contribution in [1.29, 1.82) is 0 Å². The number of amidine groups is 1. The third-order valence-electron chi connectivity index (χ3n) is 20.2. The standard InChI is InChI=1S/C30H35F5N4O5S.C24H26F5N5O3S.C20H29FN4O3S/c1-27(2,3)44-24(41)14-22-28(4,5)45(42)23(11-12-37-45)29(6,39-22)25-19(31)9-7-17(38-25)13-21(40)20-10-8-18(15-36-20)43-16-30(34,35)26(32)33;1-22(2)21(30)34-23(3,18-8-9-32-38(18,22)36)19-15(25)6-4-13(33-19)10-17(35)16-7-5-14(11-31-16)37-12-24(28,29)20(26)27;1-18(2,3)28-16(26)11-13-19(4,5)29(27)14(9-10-23-29)20(6,25-13)17-12(21)7-8-15(22)24-17/h7-10,15,23,26H,11-14,16H2,1-6H3;4-7,11,18,20H,8-10,12H2,1-3H3,(H2,30,34);7-8,14H,9-11H2,1-6H3,(H2,22,24)/t23-,29-,45+;18-,23-,38+;14-,20-,29+/m000/s1. The minimum absolute atomic E-state index is 0.0320. The van der Waals surface area contributed by atoms with Gasteiger partial charge in [0.2, 0.25) is 0 Å². The van der Waals surface area contributed by atoms with Gasteiger partial charge in [-0.05, 0) is 184 Å². The first kappa shape index (κ1) is 87.3. The Morgan fingerprint density at radius 2 is 0.804 bits per heavy atom. The Morgan fingerprint density at radius 3 is 1.13 bits per heavy atom. The zero-order valence-electron chi connectivity index (χ0n) is 64.2. The molecule has 11 rings (SSSR count). The first-order valence-corrected chi connectivity index (χ1v) is 40.2. The number of hydrogen-bond donors (Lipinski definition) is 2. The molecule has 11 heterocycles. The van der Waals surface area contributed by atoms with Crippen LogP contribution >= 0.6 is 0 Å². The molecule has 5 aromatic rings. The van der Waals surface area contributed by atoms with Gasteiger partial charge >= 0.3 is 36.6 Å². The number of fused-ring (bicyclic) bond motifs is 3. The van der Waals surface area contributed by atoms with E-state index in [1.165, 1.54) is 36.4 Å². The van der Waals surface area contributed by atoms with Crippen LogP contribution < -0.4 is 20.9 Å². The maximum absolute atomic E-state index is 15.5. The number of ether oxygens (including phenoxy) is 4. The zero-order valence-corrected chi connectivity index (χ0v) is 66.7. The summed E-state index contributed by atoms with van der Waals surface area (Å²) < 4.78 is 220. The number of halogens is 11. The number of anilines is 1. The predicted molar refractivity (Wildman–Crippen MR) is 398 cm³/mol. The Bertz CT molecular complexity index is 5010. The fraction of sp³-hybridized carbons (Fsp3) is 0.568. The second kappa shape index (κ2) is 31.3. The number of nitrogens with zero attached hydrogens (tertiary/aromatic N) is 11. The van der Waals surface area contributed by atoms with Crippen molar-refractivity contribution in [2.75, 3.05) is 38.6 Å². The number of nitrogen functional groups attached to an aromatic ring is 1. The normalized spacial score (nSPS) is 26.8. The summed E-state index contributed by atoms with van der Waals surface area (Å²) in [5.74, 6) is -13.1. The number of rotatable bonds is 21. The fourth-order valence-corrected chi connectivity index (χ4v) is 23.7. The molecule has 0 saturated heterocycles. The molecule has 0 unspecified atom stereocenters. The monoisotopic (exact) mass is 1640 g/mol. The second-order valence-electron chi connectivity index (χ2n) is 31.7. The zero-order chi connectivity index (χ0) is 83.5. The Hall–Kier alpha value is -8.68. The molecule has 0 spiro atoms. The van der Waals surface area contributed by atoms with Gasteiger partial charge in [0.15, 0.2) is 24.8 Å². The number of carbonyl (C=O) groups is 4. The van der Waals surface area contributed by atoms with Crippen LogP contribution in [0.5, 0.6) is 11.5 Å². The van der Waals surface area contributed by atoms with E-state index >= 15 is 8.78 Å². The van der Waals surface area contributed by atoms with Gasteiger partial charge in [0, 0.05) is 42.4 Å². The van der Waals surface area contributed by atoms with Gasteiger partial charge in [0.05, 0.1) is 92.5 Å². The molecule has 0 aromatic carbocycles. The fourth-order valence-electron chi connectivity index (χ4n) is 14.0. The van der Waals surface area contributed by atoms with E-state index < -0.39 is 166 Å². The third-order valence-corrected chi connectivity index (χ3v) is 31.3. The first-order valence-electron chi connectivity index (χ1n) is 35.4. The van der Waals surface area contributed by atoms with Crippen LogP contribution in [0.25, 0.3) is 0 Å². The van der Waals surface area contributed by atoms with Crippen LogP contribution in [0.4, 0.5) is 54.1 Å². The molecule has 6 aliphatic rings. The highest BCUT2D eigenvalue weighted by molar-refractivity contribution is 7.97. The number of nitrogens with two attached hydrogens (primary N) is 2. The number of esters is 2. The van der Waals surface area contributed by atoms with Crippen LogP contribution in [0.3, 0.4) is 0 Å². The van der Waals surface area contributed by atoms with E-state index in [4.69, 9.17) is 30.9 Å². The minimum atomic E-state index is -4.36. The van der Waals surface area contributed by atoms with Gasteiger partial charge in [-0.3, -0.25) is 44.1 Å². The van der Waals surface area contributed by atoms with E-state index in [0.717, 1.165) is 36.7 Å². The quantitative estimate of drug-likeness (QED) is 0.0391. The number of alkyl halides is 8. The van der Waals surface area contributed by atoms with E-state index in [2.05, 4.69) is 52.5 Å². The van der Waals surface area contributed by atoms with Crippen molar-refractivity contribution < 1.29 is 99.0 Å². The Labute approximate surface area is 642 Å². The predicted octanol–water partition coefficient (Wildman–Crippen LogP) is 12.9. The van der Waals surface area contributed by atoms with E-state index in [-0.39, 0.29) is 101 Å². The van der Waals surface area contributed by atoms with Gasteiger partial charge in [-0.25, -0.2) is 71.4 Å². The van der Waals surface area contributed by atoms with Crippen LogP contribution in [0, 0.1) is 17.5 Å². The molecule has 9 atom stereocenters. The highest BCUT2D eigenvalue weighted by Crippen LogP contribution is 2.52. The highest BCUT2D eigenvalue weighted by atomic mass is 32.2. The number of ketones is 2. The molecule has 612 valence electrons. The van der Waals surface area contributed by atoms with Crippen LogP contribution in [0.1, 0.15) is 185 Å². The van der Waals surface area contributed by atoms with E-state index in [1.54, 1.807) is 104 Å². The van der Waals surface area contributed by atoms with Crippen molar-refractivity contribution in [1.82, 2.24) is 24.9 Å². The first-order chi connectivity index (χ1) is 51.5. The lowest BCUT2D eigenvalue weighted by Gasteiger charge is -2.45. The lowest BCUT2D eigenvalue weighted by atomic mass is 9.88. The molecular weight excluding hydrogens is 1550 g/mol. The highest BCUT2D eigenvalue weighted by Gasteiger charge is 2.61. The molecule has 0 radical (unpaired) electrons. The molecule has 6 aliphatic heterocycles. The van der Waals surface area contributed by atoms with Crippen LogP contribution in [-0.2, 0) is 77.7 Å². The van der Waals surface area contributed by atoms with Gasteiger partial charge < -0.3 is 30.4 Å². The van der Waals surface area contributed by atoms with Crippen molar-refractivity contribution in [3.8, 4) is 11.5 Å². The summed E-state index contributed by atoms with van der Waals surface area (Å²) in [6.07, 6.45) is -5.72. The van der Waals surface area contributed by atoms with Crippen LogP contribution in [0.15, 0.2) is 101 Å². The van der Waals surface area contributed by atoms with Gasteiger partial charge in [0.1, 0.15) is 102 Å². The summed E-state index contributed by atoms with van der Waals surface area (Å²) >= 11 is 0. The molecule has 0 saturated carbocycles. The molecule has 4 N–H and O–H groups in total. The molecule has 112 heavy (non-hydrogen) atoms. The largest absolute Gasteiger partial charge is 0.485 e. The molecule has 0 bridgehead atoms. The molecule has 0 aliphatic carbocycles. The van der Waals surface area contributed by atoms with Gasteiger partial charge in [0.25, 0.3) is 0 Å². The van der Waals surface area contributed by atoms with Crippen LogP contribution in [-0.4, -0.2) is 177 Å². The summed E-state index contributed by atoms with van der Waals surface area (Å²) in [5.41, 5.74) is 6.99. The molecule has 0 amide bonds. The van der Waals surface area contributed by atoms with Crippen molar-refractivity contribution in [3.63, 3.8) is 0 Å². The molecule has 5 aromatic heterocycles. The molecular formula is C74H90F11N13O11S3. The van der Waals surface area contributed by atoms with Crippen molar-refractivity contribution >= 4 is 75.8 Å². The lowest BCUT2D eigenvalue weighted by molar-refractivity contribution is -0.154. The summed E-state index contributed by atoms with van der Waals surface area (Å²) in [4.78, 5) is 86.1. The average Bonchev–Trinajstić information content (AvgIpc) is 1.41. The number of Topliss-reactive ketones (excluding diaryl/α,β-unsaturated/α-hetero) is 2. The average molecular weight is 1640 g/mol. The van der Waals surface area contributed by atoms with Gasteiger partial charge in [-0.2, -0.15) is 17.6 Å². The number of carbonyl (C=O) groups excluding carboxylic acids is 4. The van der Waals surface area contributed by atoms with E-state index in [0.29, 0.717) is 38.1 Å². The van der Waals surface area contributed by atoms with Gasteiger partial charge in [-0.15, -0.1) is 0 Å². The third kappa shape index (κ3) is 17.2. The Kier molecular flexibility index (Phi) is 24.4. The van der Waals surface area contributed by atoms with Crippen molar-refractivity contribution in [3.05, 3.63) is 130 Å². The minimum Gasteiger partial charge on any atom is -0.485 e. The lowest BCUT2D eigenvalue weighted by Crippen LogP contribution is -2.58. The van der Waals surface area contributed by atoms with E-state index in [9.17, 15) is 71.3 Å². The topological polar surface area (TPSA) is 347 Å². The molecule has 24 nitrogen and oxygen atoms in total. The summed E-state index contributed by atoms with van der Waals surface area (Å²) in [7, 11) is -8.86. The summed E-state index contributed by atoms with van der Waals surface area (Å²) in [5, 5.41) is -1.91. The summed E-state index contributed by atoms with van der Waals surface area (Å²) in [6.45, 7) is 23.6.